The van der Waals surface area contributed by atoms with E-state index in [1.165, 1.54) is 6.07 Å². The molecule has 1 unspecified atom stereocenters. The molecule has 176 valence electrons. The van der Waals surface area contributed by atoms with E-state index in [0.29, 0.717) is 12.1 Å². The van der Waals surface area contributed by atoms with Crippen LogP contribution in [0, 0.1) is 11.3 Å². The van der Waals surface area contributed by atoms with Crippen molar-refractivity contribution >= 4 is 21.8 Å². The zero-order chi connectivity index (χ0) is 24.7. The smallest absolute Gasteiger partial charge is 0.420 e. The van der Waals surface area contributed by atoms with Gasteiger partial charge in [0.15, 0.2) is 5.60 Å². The molecule has 2 aromatic rings. The molecule has 1 amide bonds. The fraction of sp³-hybridized carbons (Fsp3) is 0.222. The van der Waals surface area contributed by atoms with Gasteiger partial charge in [0.1, 0.15) is 17.3 Å². The zero-order valence-electron chi connectivity index (χ0n) is 15.9. The quantitative estimate of drug-likeness (QED) is 0.487. The van der Waals surface area contributed by atoms with Crippen molar-refractivity contribution in [2.24, 2.45) is 0 Å². The van der Waals surface area contributed by atoms with Gasteiger partial charge in [0.2, 0.25) is 0 Å². The van der Waals surface area contributed by atoms with Crippen LogP contribution in [-0.2, 0) is 11.0 Å². The van der Waals surface area contributed by atoms with Crippen LogP contribution in [0.3, 0.4) is 0 Å². The first-order valence-electron chi connectivity index (χ1n) is 8.35. The number of nitriles is 1. The van der Waals surface area contributed by atoms with Crippen LogP contribution in [0.2, 0.25) is 0 Å². The first-order chi connectivity index (χ1) is 14.2. The molecule has 2 rings (SSSR count). The van der Waals surface area contributed by atoms with Crippen molar-refractivity contribution in [2.75, 3.05) is 11.9 Å². The number of nitrogens with zero attached hydrogens (tertiary/aromatic N) is 1. The van der Waals surface area contributed by atoms with Gasteiger partial charge in [0, 0.05) is 5.69 Å². The molecule has 32 heavy (non-hydrogen) atoms. The molecular formula is C18H14F8N2O3S. The largest absolute Gasteiger partial charge is 0.489 e. The molecule has 14 heteroatoms. The molecule has 0 saturated heterocycles. The first-order valence-corrected chi connectivity index (χ1v) is 10.3. The van der Waals surface area contributed by atoms with E-state index < -0.39 is 56.4 Å². The Hall–Kier alpha value is -3.05. The molecule has 2 N–H and O–H groups in total. The Morgan fingerprint density at radius 1 is 1.12 bits per heavy atom. The number of nitrogens with one attached hydrogen (secondary N) is 1. The number of halogens is 8. The van der Waals surface area contributed by atoms with E-state index in [2.05, 4.69) is 0 Å². The highest BCUT2D eigenvalue weighted by atomic mass is 32.5. The van der Waals surface area contributed by atoms with Crippen LogP contribution in [0.25, 0.3) is 0 Å². The number of amides is 1. The van der Waals surface area contributed by atoms with Crippen molar-refractivity contribution < 1.29 is 47.2 Å². The molecule has 0 saturated carbocycles. The summed E-state index contributed by atoms with van der Waals surface area (Å²) >= 11 is 0. The minimum absolute atomic E-state index is 0.0429. The monoisotopic (exact) mass is 490 g/mol. The van der Waals surface area contributed by atoms with Crippen molar-refractivity contribution in [2.45, 2.75) is 23.6 Å². The molecule has 0 spiro atoms. The van der Waals surface area contributed by atoms with Crippen molar-refractivity contribution in [3.63, 3.8) is 0 Å². The summed E-state index contributed by atoms with van der Waals surface area (Å²) in [5.74, 6) is -2.26. The average Bonchev–Trinajstić information content (AvgIpc) is 2.64. The predicted molar refractivity (Wildman–Crippen MR) is 98.7 cm³/mol. The number of carbonyl (C=O) groups excluding carboxylic acids is 1. The van der Waals surface area contributed by atoms with Gasteiger partial charge < -0.3 is 15.2 Å². The Bertz CT molecular complexity index is 1090. The number of alkyl halides is 3. The van der Waals surface area contributed by atoms with E-state index in [1.807, 2.05) is 0 Å². The molecule has 0 fully saturated rings. The molecule has 0 aliphatic heterocycles. The van der Waals surface area contributed by atoms with Crippen LogP contribution in [0.4, 0.5) is 38.3 Å². The van der Waals surface area contributed by atoms with Gasteiger partial charge in [-0.2, -0.15) is 18.4 Å². The summed E-state index contributed by atoms with van der Waals surface area (Å²) in [6.07, 6.45) is -4.94. The molecule has 0 aromatic heterocycles. The maximum atomic E-state index is 13.1. The zero-order valence-corrected chi connectivity index (χ0v) is 16.7. The Morgan fingerprint density at radius 2 is 1.75 bits per heavy atom. The van der Waals surface area contributed by atoms with Crippen LogP contribution in [0.5, 0.6) is 5.75 Å². The van der Waals surface area contributed by atoms with Crippen LogP contribution in [-0.4, -0.2) is 23.2 Å². The molecule has 0 bridgehead atoms. The number of aliphatic hydroxyl groups is 1. The first kappa shape index (κ1) is 25.2. The highest BCUT2D eigenvalue weighted by Gasteiger charge is 2.65. The molecular weight excluding hydrogens is 476 g/mol. The van der Waals surface area contributed by atoms with Crippen molar-refractivity contribution in [1.82, 2.24) is 0 Å². The minimum Gasteiger partial charge on any atom is -0.489 e. The van der Waals surface area contributed by atoms with Crippen LogP contribution in [0.1, 0.15) is 18.1 Å². The lowest BCUT2D eigenvalue weighted by Crippen LogP contribution is -2.45. The summed E-state index contributed by atoms with van der Waals surface area (Å²) in [6.45, 7) is -0.303. The highest BCUT2D eigenvalue weighted by molar-refractivity contribution is 8.45. The number of ether oxygens (including phenoxy) is 1. The molecule has 1 atom stereocenters. The number of hydrogen-bond acceptors (Lipinski definition) is 4. The van der Waals surface area contributed by atoms with E-state index in [9.17, 15) is 42.5 Å². The number of benzene rings is 2. The standard InChI is InChI=1S/C18H14F8N2O3S/c1-17(30,10-31-15-6-5-11(9-27)7-14(15)18(19,20)21)16(29)28-12-3-2-4-13(8-12)32(22,23,24,25)26/h2-8,30H,10H2,1H3,(H,28,29). The number of carbonyl (C=O) groups is 1. The summed E-state index contributed by atoms with van der Waals surface area (Å²) in [5, 5.41) is 20.7. The molecule has 0 aliphatic rings. The van der Waals surface area contributed by atoms with E-state index in [-0.39, 0.29) is 17.7 Å². The van der Waals surface area contributed by atoms with Crippen molar-refractivity contribution in [3.8, 4) is 11.8 Å². The predicted octanol–water partition coefficient (Wildman–Crippen LogP) is 6.00. The van der Waals surface area contributed by atoms with Gasteiger partial charge in [-0.15, -0.1) is 0 Å². The summed E-state index contributed by atoms with van der Waals surface area (Å²) in [6, 6.07) is 5.25. The number of hydrogen-bond donors (Lipinski definition) is 2. The molecule has 5 nitrogen and oxygen atoms in total. The molecule has 0 radical (unpaired) electrons. The fourth-order valence-corrected chi connectivity index (χ4v) is 3.00. The van der Waals surface area contributed by atoms with Crippen LogP contribution in [0.15, 0.2) is 47.4 Å². The SMILES string of the molecule is CC(O)(COc1ccc(C#N)cc1C(F)(F)F)C(=O)Nc1cccc(S(F)(F)(F)(F)F)c1. The lowest BCUT2D eigenvalue weighted by atomic mass is 10.1. The number of anilines is 1. The average molecular weight is 490 g/mol. The fourth-order valence-electron chi connectivity index (χ4n) is 2.31. The molecule has 0 heterocycles. The Labute approximate surface area is 175 Å². The van der Waals surface area contributed by atoms with Gasteiger partial charge >= 0.3 is 16.4 Å². The minimum atomic E-state index is -10.0. The highest BCUT2D eigenvalue weighted by Crippen LogP contribution is 3.02. The van der Waals surface area contributed by atoms with Gasteiger partial charge in [-0.05, 0) is 43.3 Å². The molecule has 2 aromatic carbocycles. The van der Waals surface area contributed by atoms with E-state index >= 15 is 0 Å². The lowest BCUT2D eigenvalue weighted by molar-refractivity contribution is -0.140. The Kier molecular flexibility index (Phi) is 5.70. The normalized spacial score (nSPS) is 16.2. The second-order valence-electron chi connectivity index (χ2n) is 6.83. The summed E-state index contributed by atoms with van der Waals surface area (Å²) in [7, 11) is -10.0. The van der Waals surface area contributed by atoms with Gasteiger partial charge in [-0.3, -0.25) is 4.79 Å². The summed E-state index contributed by atoms with van der Waals surface area (Å²) in [4.78, 5) is 9.91. The van der Waals surface area contributed by atoms with Gasteiger partial charge in [0.05, 0.1) is 17.2 Å². The Morgan fingerprint density at radius 3 is 2.28 bits per heavy atom. The molecule has 0 aliphatic carbocycles. The maximum absolute atomic E-state index is 13.1. The van der Waals surface area contributed by atoms with Gasteiger partial charge in [-0.1, -0.05) is 25.5 Å². The third-order valence-corrected chi connectivity index (χ3v) is 5.09. The van der Waals surface area contributed by atoms with Gasteiger partial charge in [0.25, 0.3) is 5.91 Å². The Balaban J connectivity index is 2.21. The second kappa shape index (κ2) is 7.24. The third-order valence-electron chi connectivity index (χ3n) is 3.95. The second-order valence-corrected chi connectivity index (χ2v) is 9.24. The van der Waals surface area contributed by atoms with Crippen molar-refractivity contribution in [3.05, 3.63) is 53.6 Å². The summed E-state index contributed by atoms with van der Waals surface area (Å²) in [5.41, 5.74) is -5.02. The topological polar surface area (TPSA) is 82.3 Å². The van der Waals surface area contributed by atoms with Crippen LogP contribution < -0.4 is 10.1 Å². The van der Waals surface area contributed by atoms with Gasteiger partial charge in [-0.25, -0.2) is 0 Å². The number of rotatable bonds is 6. The van der Waals surface area contributed by atoms with Crippen LogP contribution >= 0.6 is 10.2 Å². The lowest BCUT2D eigenvalue weighted by Gasteiger charge is -2.40. The maximum Gasteiger partial charge on any atom is 0.420 e. The van der Waals surface area contributed by atoms with E-state index in [4.69, 9.17) is 10.00 Å². The summed E-state index contributed by atoms with van der Waals surface area (Å²) < 4.78 is 109. The van der Waals surface area contributed by atoms with E-state index in [1.54, 1.807) is 5.32 Å². The van der Waals surface area contributed by atoms with E-state index in [0.717, 1.165) is 25.1 Å². The third kappa shape index (κ3) is 6.24. The van der Waals surface area contributed by atoms with Crippen molar-refractivity contribution in [1.29, 1.82) is 5.26 Å².